The van der Waals surface area contributed by atoms with Gasteiger partial charge < -0.3 is 25.2 Å². The molecule has 0 spiro atoms. The second kappa shape index (κ2) is 12.6. The van der Waals surface area contributed by atoms with E-state index in [2.05, 4.69) is 26.6 Å². The van der Waals surface area contributed by atoms with Gasteiger partial charge in [0.25, 0.3) is 5.91 Å². The number of methoxy groups -OCH3 is 1. The number of aliphatic carboxylic acids is 1. The number of carbonyl (C=O) groups is 2. The van der Waals surface area contributed by atoms with Crippen molar-refractivity contribution in [3.63, 3.8) is 0 Å². The molecule has 0 saturated heterocycles. The number of rotatable bonds is 12. The average Bonchev–Trinajstić information content (AvgIpc) is 2.74. The zero-order valence-corrected chi connectivity index (χ0v) is 20.1. The van der Waals surface area contributed by atoms with E-state index in [0.29, 0.717) is 34.6 Å². The molecule has 2 aromatic rings. The lowest BCUT2D eigenvalue weighted by Gasteiger charge is -2.17. The number of halogens is 1. The van der Waals surface area contributed by atoms with E-state index in [-0.39, 0.29) is 12.5 Å². The van der Waals surface area contributed by atoms with Gasteiger partial charge in [0.15, 0.2) is 18.1 Å². The Bertz CT molecular complexity index is 892. The molecule has 3 N–H and O–H groups in total. The van der Waals surface area contributed by atoms with Gasteiger partial charge in [0, 0.05) is 12.2 Å². The van der Waals surface area contributed by atoms with Crippen LogP contribution in [0, 0.1) is 6.92 Å². The Morgan fingerprint density at radius 3 is 2.55 bits per heavy atom. The molecule has 0 saturated carbocycles. The molecule has 0 bridgehead atoms. The molecule has 0 aromatic heterocycles. The molecule has 2 aromatic carbocycles. The maximum absolute atomic E-state index is 12.2. The Balaban J connectivity index is 2.00. The standard InChI is InChI=1S/C22H27BrN2O5S/c1-14-4-6-16(7-5-14)25-20(26)13-30-21-17(23)10-15(11-19(21)29-2)12-24-18(22(27)28)8-9-31-3/h4-7,10-11,18,24H,8-9,12-13H2,1-3H3,(H,25,26)(H,27,28). The summed E-state index contributed by atoms with van der Waals surface area (Å²) in [5.41, 5.74) is 2.63. The van der Waals surface area contributed by atoms with Crippen molar-refractivity contribution < 1.29 is 24.2 Å². The summed E-state index contributed by atoms with van der Waals surface area (Å²) in [4.78, 5) is 23.6. The zero-order valence-electron chi connectivity index (χ0n) is 17.7. The van der Waals surface area contributed by atoms with Crippen molar-refractivity contribution in [2.75, 3.05) is 31.0 Å². The summed E-state index contributed by atoms with van der Waals surface area (Å²) >= 11 is 5.07. The number of ether oxygens (including phenoxy) is 2. The third kappa shape index (κ3) is 8.08. The van der Waals surface area contributed by atoms with Gasteiger partial charge in [-0.05, 0) is 71.1 Å². The van der Waals surface area contributed by atoms with Crippen molar-refractivity contribution in [1.82, 2.24) is 5.32 Å². The first-order valence-corrected chi connectivity index (χ1v) is 11.8. The largest absolute Gasteiger partial charge is 0.493 e. The van der Waals surface area contributed by atoms with Gasteiger partial charge in [-0.3, -0.25) is 9.59 Å². The first-order valence-electron chi connectivity index (χ1n) is 9.65. The van der Waals surface area contributed by atoms with Gasteiger partial charge in [-0.2, -0.15) is 11.8 Å². The van der Waals surface area contributed by atoms with Crippen molar-refractivity contribution in [3.8, 4) is 11.5 Å². The Kier molecular flexibility index (Phi) is 10.2. The van der Waals surface area contributed by atoms with E-state index in [9.17, 15) is 14.7 Å². The SMILES string of the molecule is COc1cc(CNC(CCSC)C(=O)O)cc(Br)c1OCC(=O)Nc1ccc(C)cc1. The van der Waals surface area contributed by atoms with Crippen molar-refractivity contribution in [3.05, 3.63) is 52.0 Å². The second-order valence-corrected chi connectivity index (χ2v) is 8.71. The fourth-order valence-electron chi connectivity index (χ4n) is 2.78. The normalized spacial score (nSPS) is 11.6. The van der Waals surface area contributed by atoms with E-state index in [1.165, 1.54) is 7.11 Å². The number of carboxylic acids is 1. The van der Waals surface area contributed by atoms with Gasteiger partial charge in [-0.1, -0.05) is 17.7 Å². The molecule has 0 aliphatic rings. The molecule has 31 heavy (non-hydrogen) atoms. The van der Waals surface area contributed by atoms with Crippen molar-refractivity contribution in [1.29, 1.82) is 0 Å². The number of thioether (sulfide) groups is 1. The molecule has 1 atom stereocenters. The summed E-state index contributed by atoms with van der Waals surface area (Å²) in [7, 11) is 1.51. The topological polar surface area (TPSA) is 96.9 Å². The van der Waals surface area contributed by atoms with Crippen LogP contribution in [0.2, 0.25) is 0 Å². The predicted octanol–water partition coefficient (Wildman–Crippen LogP) is 4.08. The molecule has 0 radical (unpaired) electrons. The number of anilines is 1. The number of amides is 1. The van der Waals surface area contributed by atoms with Gasteiger partial charge in [-0.15, -0.1) is 0 Å². The van der Waals surface area contributed by atoms with E-state index in [1.54, 1.807) is 17.8 Å². The van der Waals surface area contributed by atoms with Crippen molar-refractivity contribution in [2.24, 2.45) is 0 Å². The van der Waals surface area contributed by atoms with Crippen LogP contribution in [0.25, 0.3) is 0 Å². The van der Waals surface area contributed by atoms with E-state index in [0.717, 1.165) is 16.9 Å². The van der Waals surface area contributed by atoms with Crippen LogP contribution < -0.4 is 20.1 Å². The molecule has 0 aliphatic carbocycles. The van der Waals surface area contributed by atoms with Crippen LogP contribution in [-0.4, -0.2) is 48.8 Å². The fraction of sp³-hybridized carbons (Fsp3) is 0.364. The highest BCUT2D eigenvalue weighted by molar-refractivity contribution is 9.10. The molecule has 9 heteroatoms. The Morgan fingerprint density at radius 2 is 1.94 bits per heavy atom. The minimum Gasteiger partial charge on any atom is -0.493 e. The number of aryl methyl sites for hydroxylation is 1. The zero-order chi connectivity index (χ0) is 22.8. The molecule has 1 amide bonds. The summed E-state index contributed by atoms with van der Waals surface area (Å²) in [5.74, 6) is 0.447. The summed E-state index contributed by atoms with van der Waals surface area (Å²) < 4.78 is 11.7. The summed E-state index contributed by atoms with van der Waals surface area (Å²) in [6.07, 6.45) is 2.48. The number of carbonyl (C=O) groups excluding carboxylic acids is 1. The van der Waals surface area contributed by atoms with Crippen molar-refractivity contribution in [2.45, 2.75) is 25.9 Å². The molecule has 1 unspecified atom stereocenters. The highest BCUT2D eigenvalue weighted by Crippen LogP contribution is 2.36. The van der Waals surface area contributed by atoms with Crippen molar-refractivity contribution >= 4 is 45.3 Å². The Labute approximate surface area is 195 Å². The van der Waals surface area contributed by atoms with Gasteiger partial charge >= 0.3 is 5.97 Å². The van der Waals surface area contributed by atoms with Crippen LogP contribution in [0.5, 0.6) is 11.5 Å². The lowest BCUT2D eigenvalue weighted by Crippen LogP contribution is -2.36. The number of hydrogen-bond acceptors (Lipinski definition) is 6. The van der Waals surface area contributed by atoms with Gasteiger partial charge in [0.1, 0.15) is 6.04 Å². The summed E-state index contributed by atoms with van der Waals surface area (Å²) in [5, 5.41) is 15.2. The predicted molar refractivity (Wildman–Crippen MR) is 127 cm³/mol. The Morgan fingerprint density at radius 1 is 1.23 bits per heavy atom. The maximum Gasteiger partial charge on any atom is 0.320 e. The van der Waals surface area contributed by atoms with E-state index in [4.69, 9.17) is 9.47 Å². The molecule has 168 valence electrons. The first kappa shape index (κ1) is 25.0. The highest BCUT2D eigenvalue weighted by atomic mass is 79.9. The highest BCUT2D eigenvalue weighted by Gasteiger charge is 2.18. The van der Waals surface area contributed by atoms with Crippen LogP contribution in [0.15, 0.2) is 40.9 Å². The molecule has 0 aliphatic heterocycles. The molecule has 7 nitrogen and oxygen atoms in total. The quantitative estimate of drug-likeness (QED) is 0.395. The third-order valence-electron chi connectivity index (χ3n) is 4.43. The smallest absolute Gasteiger partial charge is 0.320 e. The van der Waals surface area contributed by atoms with Crippen LogP contribution in [0.1, 0.15) is 17.5 Å². The lowest BCUT2D eigenvalue weighted by molar-refractivity contribution is -0.139. The number of nitrogens with one attached hydrogen (secondary N) is 2. The van der Waals surface area contributed by atoms with E-state index < -0.39 is 12.0 Å². The minimum atomic E-state index is -0.875. The molecular weight excluding hydrogens is 484 g/mol. The maximum atomic E-state index is 12.2. The van der Waals surface area contributed by atoms with Crippen LogP contribution >= 0.6 is 27.7 Å². The number of carboxylic acid groups (broad SMARTS) is 1. The molecule has 0 fully saturated rings. The molecular formula is C22H27BrN2O5S. The van der Waals surface area contributed by atoms with E-state index >= 15 is 0 Å². The second-order valence-electron chi connectivity index (χ2n) is 6.87. The van der Waals surface area contributed by atoms with Crippen LogP contribution in [-0.2, 0) is 16.1 Å². The summed E-state index contributed by atoms with van der Waals surface area (Å²) in [6.45, 7) is 2.15. The number of hydrogen-bond donors (Lipinski definition) is 3. The fourth-order valence-corrected chi connectivity index (χ4v) is 3.85. The van der Waals surface area contributed by atoms with Gasteiger partial charge in [0.2, 0.25) is 0 Å². The molecule has 2 rings (SSSR count). The van der Waals surface area contributed by atoms with Gasteiger partial charge in [0.05, 0.1) is 11.6 Å². The molecule has 0 heterocycles. The average molecular weight is 511 g/mol. The summed E-state index contributed by atoms with van der Waals surface area (Å²) in [6, 6.07) is 10.4. The minimum absolute atomic E-state index is 0.184. The monoisotopic (exact) mass is 510 g/mol. The first-order chi connectivity index (χ1) is 14.8. The van der Waals surface area contributed by atoms with Crippen LogP contribution in [0.4, 0.5) is 5.69 Å². The van der Waals surface area contributed by atoms with Gasteiger partial charge in [-0.25, -0.2) is 0 Å². The van der Waals surface area contributed by atoms with Crippen LogP contribution in [0.3, 0.4) is 0 Å². The number of benzene rings is 2. The third-order valence-corrected chi connectivity index (χ3v) is 5.67. The van der Waals surface area contributed by atoms with E-state index in [1.807, 2.05) is 43.5 Å². The lowest BCUT2D eigenvalue weighted by atomic mass is 10.1. The Hall–Kier alpha value is -2.23.